The molecule has 1 aromatic rings. The van der Waals surface area contributed by atoms with Crippen molar-refractivity contribution in [2.24, 2.45) is 5.14 Å². The quantitative estimate of drug-likeness (QED) is 0.581. The van der Waals surface area contributed by atoms with Crippen molar-refractivity contribution in [3.8, 4) is 0 Å². The molecule has 7 heteroatoms. The van der Waals surface area contributed by atoms with Gasteiger partial charge in [0.05, 0.1) is 0 Å². The van der Waals surface area contributed by atoms with E-state index in [0.29, 0.717) is 5.56 Å². The summed E-state index contributed by atoms with van der Waals surface area (Å²) in [6, 6.07) is 8.26. The fourth-order valence-electron chi connectivity index (χ4n) is 1.08. The molecule has 0 fully saturated rings. The number of carbonyl (C=O) groups excluding carboxylic acids is 1. The van der Waals surface area contributed by atoms with E-state index in [1.807, 2.05) is 0 Å². The minimum absolute atomic E-state index is 0. The van der Waals surface area contributed by atoms with E-state index in [1.165, 1.54) is 6.92 Å². The standard InChI is InChI=1S/C9H11NO4S.Li.H/c1-7(14-15(10,12)13)9(11)8-5-3-2-4-6-8;;/h2-7H,1H3,(H2,10,12,13);;. The number of carbonyl (C=O) groups is 1. The van der Waals surface area contributed by atoms with Crippen LogP contribution in [0.15, 0.2) is 30.3 Å². The Labute approximate surface area is 106 Å². The molecule has 0 aliphatic rings. The number of hydrogen-bond acceptors (Lipinski definition) is 4. The first-order valence-corrected chi connectivity index (χ1v) is 5.67. The van der Waals surface area contributed by atoms with Crippen LogP contribution in [0.4, 0.5) is 0 Å². The molecule has 1 aromatic carbocycles. The first-order chi connectivity index (χ1) is 6.90. The maximum absolute atomic E-state index is 11.6. The third-order valence-corrected chi connectivity index (χ3v) is 2.26. The Hall–Kier alpha value is -0.643. The molecule has 0 aliphatic carbocycles. The summed E-state index contributed by atoms with van der Waals surface area (Å²) in [5.74, 6) is -0.426. The summed E-state index contributed by atoms with van der Waals surface area (Å²) in [6.07, 6.45) is -1.11. The van der Waals surface area contributed by atoms with Crippen LogP contribution in [-0.2, 0) is 14.5 Å². The molecular formula is C9H12LiNO4S. The van der Waals surface area contributed by atoms with Crippen molar-refractivity contribution in [3.63, 3.8) is 0 Å². The predicted octanol–water partition coefficient (Wildman–Crippen LogP) is -0.171. The van der Waals surface area contributed by atoms with Crippen molar-refractivity contribution in [2.75, 3.05) is 0 Å². The molecule has 0 heterocycles. The van der Waals surface area contributed by atoms with Crippen molar-refractivity contribution in [2.45, 2.75) is 13.0 Å². The summed E-state index contributed by atoms with van der Waals surface area (Å²) in [7, 11) is -4.10. The van der Waals surface area contributed by atoms with E-state index in [9.17, 15) is 13.2 Å². The van der Waals surface area contributed by atoms with E-state index in [2.05, 4.69) is 9.32 Å². The van der Waals surface area contributed by atoms with Crippen LogP contribution in [0.3, 0.4) is 0 Å². The van der Waals surface area contributed by atoms with E-state index >= 15 is 0 Å². The summed E-state index contributed by atoms with van der Waals surface area (Å²) >= 11 is 0. The first kappa shape index (κ1) is 15.4. The molecule has 0 aliphatic heterocycles. The van der Waals surface area contributed by atoms with Crippen LogP contribution in [0.1, 0.15) is 17.3 Å². The van der Waals surface area contributed by atoms with Crippen LogP contribution in [0, 0.1) is 0 Å². The average molecular weight is 237 g/mol. The van der Waals surface area contributed by atoms with E-state index in [1.54, 1.807) is 30.3 Å². The Balaban J connectivity index is 0.00000225. The van der Waals surface area contributed by atoms with Gasteiger partial charge in [0, 0.05) is 5.56 Å². The third kappa shape index (κ3) is 4.92. The summed E-state index contributed by atoms with van der Waals surface area (Å²) in [5, 5.41) is 4.65. The van der Waals surface area contributed by atoms with Gasteiger partial charge in [-0.15, -0.1) is 0 Å². The van der Waals surface area contributed by atoms with Gasteiger partial charge in [-0.3, -0.25) is 4.79 Å². The van der Waals surface area contributed by atoms with E-state index in [-0.39, 0.29) is 18.9 Å². The molecule has 0 spiro atoms. The van der Waals surface area contributed by atoms with Crippen molar-refractivity contribution >= 4 is 34.9 Å². The van der Waals surface area contributed by atoms with E-state index in [0.717, 1.165) is 0 Å². The van der Waals surface area contributed by atoms with Gasteiger partial charge >= 0.3 is 29.2 Å². The molecule has 0 radical (unpaired) electrons. The zero-order chi connectivity index (χ0) is 11.5. The van der Waals surface area contributed by atoms with Crippen molar-refractivity contribution in [1.29, 1.82) is 0 Å². The number of hydrogen-bond donors (Lipinski definition) is 1. The molecule has 1 rings (SSSR count). The molecule has 84 valence electrons. The van der Waals surface area contributed by atoms with Gasteiger partial charge in [0.15, 0.2) is 5.78 Å². The van der Waals surface area contributed by atoms with Crippen LogP contribution in [0.2, 0.25) is 0 Å². The molecule has 16 heavy (non-hydrogen) atoms. The van der Waals surface area contributed by atoms with Gasteiger partial charge in [0.25, 0.3) is 0 Å². The Kier molecular flexibility index (Phi) is 5.93. The van der Waals surface area contributed by atoms with Gasteiger partial charge in [0.2, 0.25) is 0 Å². The molecule has 0 amide bonds. The van der Waals surface area contributed by atoms with Gasteiger partial charge in [-0.25, -0.2) is 9.32 Å². The summed E-state index contributed by atoms with van der Waals surface area (Å²) in [5.41, 5.74) is 0.383. The van der Waals surface area contributed by atoms with Gasteiger partial charge in [-0.05, 0) is 6.92 Å². The van der Waals surface area contributed by atoms with Crippen molar-refractivity contribution < 1.29 is 17.4 Å². The summed E-state index contributed by atoms with van der Waals surface area (Å²) < 4.78 is 25.5. The van der Waals surface area contributed by atoms with Crippen molar-refractivity contribution in [1.82, 2.24) is 0 Å². The van der Waals surface area contributed by atoms with Crippen LogP contribution in [0.5, 0.6) is 0 Å². The van der Waals surface area contributed by atoms with Crippen LogP contribution >= 0.6 is 0 Å². The summed E-state index contributed by atoms with van der Waals surface area (Å²) in [6.45, 7) is 1.33. The van der Waals surface area contributed by atoms with Gasteiger partial charge < -0.3 is 0 Å². The average Bonchev–Trinajstić information content (AvgIpc) is 2.15. The Morgan fingerprint density at radius 2 is 1.81 bits per heavy atom. The molecular weight excluding hydrogens is 225 g/mol. The van der Waals surface area contributed by atoms with Crippen molar-refractivity contribution in [3.05, 3.63) is 35.9 Å². The molecule has 1 unspecified atom stereocenters. The second-order valence-electron chi connectivity index (χ2n) is 2.96. The molecule has 0 aromatic heterocycles. The monoisotopic (exact) mass is 237 g/mol. The van der Waals surface area contributed by atoms with Gasteiger partial charge in [-0.2, -0.15) is 8.42 Å². The molecule has 0 saturated carbocycles. The Morgan fingerprint density at radius 1 is 1.31 bits per heavy atom. The predicted molar refractivity (Wildman–Crippen MR) is 61.6 cm³/mol. The fourth-order valence-corrected chi connectivity index (χ4v) is 1.57. The molecule has 0 saturated heterocycles. The molecule has 5 nitrogen and oxygen atoms in total. The molecule has 2 N–H and O–H groups in total. The molecule has 0 bridgehead atoms. The third-order valence-electron chi connectivity index (χ3n) is 1.71. The Morgan fingerprint density at radius 3 is 2.25 bits per heavy atom. The second-order valence-corrected chi connectivity index (χ2v) is 4.14. The normalized spacial score (nSPS) is 12.6. The number of Topliss-reactive ketones (excluding diaryl/α,β-unsaturated/α-hetero) is 1. The topological polar surface area (TPSA) is 86.5 Å². The van der Waals surface area contributed by atoms with Crippen LogP contribution < -0.4 is 5.14 Å². The zero-order valence-corrected chi connectivity index (χ0v) is 8.90. The van der Waals surface area contributed by atoms with E-state index in [4.69, 9.17) is 0 Å². The Bertz CT molecular complexity index is 446. The minimum atomic E-state index is -4.10. The van der Waals surface area contributed by atoms with Gasteiger partial charge in [0.1, 0.15) is 6.10 Å². The number of rotatable bonds is 4. The zero-order valence-electron chi connectivity index (χ0n) is 8.08. The molecule has 1 atom stereocenters. The number of ketones is 1. The summed E-state index contributed by atoms with van der Waals surface area (Å²) in [4.78, 5) is 11.6. The van der Waals surface area contributed by atoms with Crippen LogP contribution in [-0.4, -0.2) is 39.2 Å². The van der Waals surface area contributed by atoms with Gasteiger partial charge in [-0.1, -0.05) is 30.3 Å². The SMILES string of the molecule is CC(OS(N)(=O)=O)C(=O)c1ccccc1.[LiH]. The van der Waals surface area contributed by atoms with Crippen LogP contribution in [0.25, 0.3) is 0 Å². The fraction of sp³-hybridized carbons (Fsp3) is 0.222. The maximum atomic E-state index is 11.6. The second kappa shape index (κ2) is 6.18. The first-order valence-electron chi connectivity index (χ1n) is 4.20. The number of nitrogens with two attached hydrogens (primary N) is 1. The number of benzene rings is 1. The van der Waals surface area contributed by atoms with E-state index < -0.39 is 22.2 Å².